The van der Waals surface area contributed by atoms with Crippen molar-refractivity contribution < 1.29 is 4.74 Å². The standard InChI is InChI=1S/C12H5ClN4O/c13-12-16-2-1-11(17-12)18-10-4-8(6-14)3-9(5-10)7-15/h1-5H. The van der Waals surface area contributed by atoms with Gasteiger partial charge in [0.15, 0.2) is 0 Å². The lowest BCUT2D eigenvalue weighted by Gasteiger charge is -2.05. The van der Waals surface area contributed by atoms with Crippen molar-refractivity contribution in [3.63, 3.8) is 0 Å². The summed E-state index contributed by atoms with van der Waals surface area (Å²) < 4.78 is 5.41. The van der Waals surface area contributed by atoms with Crippen molar-refractivity contribution in [3.05, 3.63) is 46.9 Å². The average molecular weight is 257 g/mol. The van der Waals surface area contributed by atoms with Crippen LogP contribution >= 0.6 is 11.6 Å². The van der Waals surface area contributed by atoms with Crippen molar-refractivity contribution in [2.45, 2.75) is 0 Å². The van der Waals surface area contributed by atoms with Crippen LogP contribution in [-0.4, -0.2) is 9.97 Å². The molecule has 2 rings (SSSR count). The summed E-state index contributed by atoms with van der Waals surface area (Å²) in [5.41, 5.74) is 0.674. The minimum absolute atomic E-state index is 0.0597. The Labute approximate surface area is 108 Å². The first-order valence-electron chi connectivity index (χ1n) is 4.83. The second-order valence-electron chi connectivity index (χ2n) is 3.24. The minimum atomic E-state index is 0.0597. The Morgan fingerprint density at radius 2 is 1.78 bits per heavy atom. The molecule has 5 nitrogen and oxygen atoms in total. The number of hydrogen-bond donors (Lipinski definition) is 0. The van der Waals surface area contributed by atoms with E-state index in [1.165, 1.54) is 30.5 Å². The Morgan fingerprint density at radius 1 is 1.11 bits per heavy atom. The van der Waals surface area contributed by atoms with E-state index in [0.717, 1.165) is 0 Å². The Kier molecular flexibility index (Phi) is 3.38. The van der Waals surface area contributed by atoms with E-state index >= 15 is 0 Å². The van der Waals surface area contributed by atoms with Crippen LogP contribution in [0.25, 0.3) is 0 Å². The van der Waals surface area contributed by atoms with Gasteiger partial charge < -0.3 is 4.74 Å². The van der Waals surface area contributed by atoms with Gasteiger partial charge in [-0.2, -0.15) is 15.5 Å². The van der Waals surface area contributed by atoms with Gasteiger partial charge in [-0.1, -0.05) is 0 Å². The van der Waals surface area contributed by atoms with Crippen LogP contribution in [0, 0.1) is 22.7 Å². The van der Waals surface area contributed by atoms with Crippen LogP contribution < -0.4 is 4.74 Å². The van der Waals surface area contributed by atoms with Crippen LogP contribution in [0.15, 0.2) is 30.5 Å². The first kappa shape index (κ1) is 11.8. The summed E-state index contributed by atoms with van der Waals surface area (Å²) in [6, 6.07) is 9.92. The maximum atomic E-state index is 8.83. The molecule has 6 heteroatoms. The Balaban J connectivity index is 2.35. The van der Waals surface area contributed by atoms with E-state index in [1.807, 2.05) is 12.1 Å². The highest BCUT2D eigenvalue weighted by atomic mass is 35.5. The van der Waals surface area contributed by atoms with Gasteiger partial charge in [0.2, 0.25) is 11.2 Å². The second kappa shape index (κ2) is 5.13. The van der Waals surface area contributed by atoms with E-state index in [2.05, 4.69) is 9.97 Å². The molecule has 2 aromatic rings. The molecule has 0 fully saturated rings. The summed E-state index contributed by atoms with van der Waals surface area (Å²) in [6.07, 6.45) is 1.45. The number of nitriles is 2. The van der Waals surface area contributed by atoms with Gasteiger partial charge in [-0.25, -0.2) is 4.98 Å². The third-order valence-electron chi connectivity index (χ3n) is 1.99. The fraction of sp³-hybridized carbons (Fsp3) is 0. The third-order valence-corrected chi connectivity index (χ3v) is 2.17. The molecule has 0 aliphatic rings. The normalized spacial score (nSPS) is 9.28. The average Bonchev–Trinajstić information content (AvgIpc) is 2.38. The number of hydrogen-bond acceptors (Lipinski definition) is 5. The smallest absolute Gasteiger partial charge is 0.225 e. The first-order valence-corrected chi connectivity index (χ1v) is 5.21. The highest BCUT2D eigenvalue weighted by molar-refractivity contribution is 6.28. The van der Waals surface area contributed by atoms with Crippen molar-refractivity contribution >= 4 is 11.6 Å². The van der Waals surface area contributed by atoms with Gasteiger partial charge in [0.1, 0.15) is 5.75 Å². The van der Waals surface area contributed by atoms with Crippen LogP contribution in [0.5, 0.6) is 11.6 Å². The summed E-state index contributed by atoms with van der Waals surface area (Å²) in [5, 5.41) is 17.7. The Morgan fingerprint density at radius 3 is 2.33 bits per heavy atom. The van der Waals surface area contributed by atoms with Gasteiger partial charge in [0.25, 0.3) is 0 Å². The molecule has 1 aromatic heterocycles. The maximum Gasteiger partial charge on any atom is 0.225 e. The molecule has 0 atom stereocenters. The fourth-order valence-corrected chi connectivity index (χ4v) is 1.42. The molecule has 18 heavy (non-hydrogen) atoms. The number of halogens is 1. The zero-order valence-electron chi connectivity index (χ0n) is 8.96. The van der Waals surface area contributed by atoms with Gasteiger partial charge in [-0.05, 0) is 29.8 Å². The molecule has 1 heterocycles. The summed E-state index contributed by atoms with van der Waals surface area (Å²) >= 11 is 5.62. The molecular weight excluding hydrogens is 252 g/mol. The molecule has 0 spiro atoms. The van der Waals surface area contributed by atoms with Crippen LogP contribution in [0.4, 0.5) is 0 Å². The molecule has 0 bridgehead atoms. The molecule has 0 unspecified atom stereocenters. The summed E-state index contributed by atoms with van der Waals surface area (Å²) in [7, 11) is 0. The van der Waals surface area contributed by atoms with E-state index in [4.69, 9.17) is 26.9 Å². The van der Waals surface area contributed by atoms with Crippen LogP contribution in [0.3, 0.4) is 0 Å². The van der Waals surface area contributed by atoms with Crippen molar-refractivity contribution in [2.24, 2.45) is 0 Å². The maximum absolute atomic E-state index is 8.83. The van der Waals surface area contributed by atoms with E-state index in [9.17, 15) is 0 Å². The molecule has 0 saturated carbocycles. The molecule has 0 radical (unpaired) electrons. The van der Waals surface area contributed by atoms with E-state index in [0.29, 0.717) is 16.9 Å². The number of nitrogens with zero attached hydrogens (tertiary/aromatic N) is 4. The first-order chi connectivity index (χ1) is 8.71. The van der Waals surface area contributed by atoms with Crippen LogP contribution in [0.2, 0.25) is 5.28 Å². The molecule has 0 N–H and O–H groups in total. The van der Waals surface area contributed by atoms with Gasteiger partial charge in [0, 0.05) is 12.3 Å². The largest absolute Gasteiger partial charge is 0.439 e. The molecule has 0 saturated heterocycles. The SMILES string of the molecule is N#Cc1cc(C#N)cc(Oc2ccnc(Cl)n2)c1. The van der Waals surface area contributed by atoms with Crippen molar-refractivity contribution in [1.29, 1.82) is 10.5 Å². The molecule has 0 aliphatic carbocycles. The lowest BCUT2D eigenvalue weighted by atomic mass is 10.1. The molecule has 1 aromatic carbocycles. The lowest BCUT2D eigenvalue weighted by molar-refractivity contribution is 0.461. The van der Waals surface area contributed by atoms with Gasteiger partial charge in [-0.15, -0.1) is 0 Å². The summed E-state index contributed by atoms with van der Waals surface area (Å²) in [6.45, 7) is 0. The van der Waals surface area contributed by atoms with Crippen LogP contribution in [-0.2, 0) is 0 Å². The van der Waals surface area contributed by atoms with Crippen molar-refractivity contribution in [1.82, 2.24) is 9.97 Å². The zero-order valence-corrected chi connectivity index (χ0v) is 9.72. The van der Waals surface area contributed by atoms with E-state index in [1.54, 1.807) is 0 Å². The predicted octanol–water partition coefficient (Wildman–Crippen LogP) is 2.67. The topological polar surface area (TPSA) is 82.6 Å². The van der Waals surface area contributed by atoms with Gasteiger partial charge >= 0.3 is 0 Å². The fourth-order valence-electron chi connectivity index (χ4n) is 1.28. The minimum Gasteiger partial charge on any atom is -0.439 e. The quantitative estimate of drug-likeness (QED) is 0.772. The van der Waals surface area contributed by atoms with Gasteiger partial charge in [-0.3, -0.25) is 0 Å². The van der Waals surface area contributed by atoms with Crippen molar-refractivity contribution in [3.8, 4) is 23.8 Å². The summed E-state index contributed by atoms with van der Waals surface area (Å²) in [5.74, 6) is 0.592. The Bertz CT molecular complexity index is 640. The highest BCUT2D eigenvalue weighted by Gasteiger charge is 2.04. The molecule has 86 valence electrons. The summed E-state index contributed by atoms with van der Waals surface area (Å²) in [4.78, 5) is 7.56. The van der Waals surface area contributed by atoms with Crippen molar-refractivity contribution in [2.75, 3.05) is 0 Å². The van der Waals surface area contributed by atoms with E-state index in [-0.39, 0.29) is 11.2 Å². The molecular formula is C12H5ClN4O. The van der Waals surface area contributed by atoms with E-state index < -0.39 is 0 Å². The van der Waals surface area contributed by atoms with Gasteiger partial charge in [0.05, 0.1) is 23.3 Å². The molecule has 0 aliphatic heterocycles. The predicted molar refractivity (Wildman–Crippen MR) is 63.0 cm³/mol. The second-order valence-corrected chi connectivity index (χ2v) is 3.57. The highest BCUT2D eigenvalue weighted by Crippen LogP contribution is 2.22. The third kappa shape index (κ3) is 2.73. The lowest BCUT2D eigenvalue weighted by Crippen LogP contribution is -1.91. The van der Waals surface area contributed by atoms with Crippen LogP contribution in [0.1, 0.15) is 11.1 Å². The molecule has 0 amide bonds. The number of aromatic nitrogens is 2. The number of ether oxygens (including phenoxy) is 1. The number of benzene rings is 1. The zero-order chi connectivity index (χ0) is 13.0. The number of rotatable bonds is 2. The Hall–Kier alpha value is -2.63. The monoisotopic (exact) mass is 256 g/mol.